The summed E-state index contributed by atoms with van der Waals surface area (Å²) in [4.78, 5) is 19.8. The predicted molar refractivity (Wildman–Crippen MR) is 67.3 cm³/mol. The fraction of sp³-hybridized carbons (Fsp3) is 0.385. The van der Waals surface area contributed by atoms with Gasteiger partial charge in [0.25, 0.3) is 5.89 Å². The highest BCUT2D eigenvalue weighted by Crippen LogP contribution is 2.21. The average molecular weight is 281 g/mol. The van der Waals surface area contributed by atoms with Gasteiger partial charge >= 0.3 is 5.91 Å². The van der Waals surface area contributed by atoms with Crippen molar-refractivity contribution in [1.82, 2.24) is 14.8 Å². The molecule has 1 aromatic carbocycles. The molecule has 0 aliphatic carbocycles. The second-order valence-electron chi connectivity index (χ2n) is 4.85. The number of oxazole rings is 1. The molecule has 1 aromatic heterocycles. The molecular weight excluding hydrogens is 268 g/mol. The summed E-state index contributed by atoms with van der Waals surface area (Å²) >= 11 is 0. The molecule has 0 radical (unpaired) electrons. The van der Waals surface area contributed by atoms with E-state index in [-0.39, 0.29) is 17.0 Å². The number of carbonyl (C=O) groups excluding carboxylic acids is 1. The smallest absolute Gasteiger partial charge is 0.309 e. The molecule has 1 fully saturated rings. The summed E-state index contributed by atoms with van der Waals surface area (Å²) < 4.78 is 31.7. The Kier molecular flexibility index (Phi) is 3.13. The molecule has 0 saturated carbocycles. The first-order valence-corrected chi connectivity index (χ1v) is 6.28. The van der Waals surface area contributed by atoms with Gasteiger partial charge in [0.15, 0.2) is 11.4 Å². The van der Waals surface area contributed by atoms with E-state index in [2.05, 4.69) is 9.88 Å². The predicted octanol–water partition coefficient (Wildman–Crippen LogP) is 1.49. The van der Waals surface area contributed by atoms with Crippen LogP contribution in [0.3, 0.4) is 0 Å². The minimum Gasteiger partial charge on any atom is -0.429 e. The van der Waals surface area contributed by atoms with E-state index in [1.54, 1.807) is 4.90 Å². The van der Waals surface area contributed by atoms with Gasteiger partial charge in [-0.2, -0.15) is 0 Å². The summed E-state index contributed by atoms with van der Waals surface area (Å²) in [6, 6.07) is 1.75. The van der Waals surface area contributed by atoms with Gasteiger partial charge in [0.2, 0.25) is 0 Å². The molecule has 0 bridgehead atoms. The monoisotopic (exact) mass is 281 g/mol. The molecule has 0 N–H and O–H groups in total. The minimum atomic E-state index is -0.857. The largest absolute Gasteiger partial charge is 0.429 e. The highest BCUT2D eigenvalue weighted by Gasteiger charge is 2.25. The molecule has 0 spiro atoms. The molecule has 7 heteroatoms. The Hall–Kier alpha value is -2.02. The van der Waals surface area contributed by atoms with Crippen molar-refractivity contribution in [1.29, 1.82) is 0 Å². The highest BCUT2D eigenvalue weighted by molar-refractivity contribution is 5.92. The van der Waals surface area contributed by atoms with Crippen LogP contribution >= 0.6 is 0 Å². The van der Waals surface area contributed by atoms with E-state index in [1.165, 1.54) is 0 Å². The van der Waals surface area contributed by atoms with E-state index in [4.69, 9.17) is 4.42 Å². The summed E-state index contributed by atoms with van der Waals surface area (Å²) in [7, 11) is 1.97. The number of hydrogen-bond donors (Lipinski definition) is 0. The molecule has 1 amide bonds. The fourth-order valence-corrected chi connectivity index (χ4v) is 2.20. The number of nitrogens with zero attached hydrogens (tertiary/aromatic N) is 3. The lowest BCUT2D eigenvalue weighted by molar-refractivity contribution is 0.0627. The Morgan fingerprint density at radius 1 is 1.25 bits per heavy atom. The van der Waals surface area contributed by atoms with Gasteiger partial charge in [-0.25, -0.2) is 13.8 Å². The van der Waals surface area contributed by atoms with Crippen LogP contribution < -0.4 is 0 Å². The third-order valence-electron chi connectivity index (χ3n) is 3.38. The number of rotatable bonds is 1. The van der Waals surface area contributed by atoms with Crippen LogP contribution in [0.5, 0.6) is 0 Å². The number of piperazine rings is 1. The number of halogens is 2. The van der Waals surface area contributed by atoms with Crippen LogP contribution in [0.15, 0.2) is 16.5 Å². The molecule has 0 unspecified atom stereocenters. The zero-order valence-electron chi connectivity index (χ0n) is 10.9. The standard InChI is InChI=1S/C13H13F2N3O2/c1-17-2-4-18(5-3-17)13(19)12-16-10-7-8(14)6-9(15)11(10)20-12/h6-7H,2-5H2,1H3. The quantitative estimate of drug-likeness (QED) is 0.794. The van der Waals surface area contributed by atoms with Crippen molar-refractivity contribution in [2.75, 3.05) is 33.2 Å². The van der Waals surface area contributed by atoms with Gasteiger partial charge in [-0.1, -0.05) is 0 Å². The molecular formula is C13H13F2N3O2. The first kappa shape index (κ1) is 13.0. The van der Waals surface area contributed by atoms with E-state index in [1.807, 2.05) is 7.05 Å². The Morgan fingerprint density at radius 3 is 2.65 bits per heavy atom. The van der Waals surface area contributed by atoms with Crippen LogP contribution in [0.2, 0.25) is 0 Å². The van der Waals surface area contributed by atoms with Crippen molar-refractivity contribution in [2.24, 2.45) is 0 Å². The van der Waals surface area contributed by atoms with Crippen molar-refractivity contribution in [2.45, 2.75) is 0 Å². The molecule has 106 valence electrons. The van der Waals surface area contributed by atoms with Crippen LogP contribution in [-0.4, -0.2) is 53.9 Å². The number of amides is 1. The van der Waals surface area contributed by atoms with E-state index in [9.17, 15) is 13.6 Å². The van der Waals surface area contributed by atoms with Crippen molar-refractivity contribution in [3.8, 4) is 0 Å². The van der Waals surface area contributed by atoms with Crippen LogP contribution in [0.4, 0.5) is 8.78 Å². The number of aromatic nitrogens is 1. The summed E-state index contributed by atoms with van der Waals surface area (Å²) in [6.45, 7) is 2.64. The zero-order chi connectivity index (χ0) is 14.3. The van der Waals surface area contributed by atoms with Gasteiger partial charge in [-0.05, 0) is 7.05 Å². The zero-order valence-corrected chi connectivity index (χ0v) is 10.9. The maximum absolute atomic E-state index is 13.5. The normalized spacial score (nSPS) is 16.9. The lowest BCUT2D eigenvalue weighted by atomic mass is 10.3. The Morgan fingerprint density at radius 2 is 1.95 bits per heavy atom. The maximum Gasteiger partial charge on any atom is 0.309 e. The van der Waals surface area contributed by atoms with E-state index in [0.29, 0.717) is 19.2 Å². The second-order valence-corrected chi connectivity index (χ2v) is 4.85. The van der Waals surface area contributed by atoms with E-state index in [0.717, 1.165) is 19.2 Å². The van der Waals surface area contributed by atoms with E-state index >= 15 is 0 Å². The SMILES string of the molecule is CN1CCN(C(=O)c2nc3cc(F)cc(F)c3o2)CC1. The van der Waals surface area contributed by atoms with Gasteiger partial charge in [0, 0.05) is 38.3 Å². The van der Waals surface area contributed by atoms with Crippen LogP contribution in [0.1, 0.15) is 10.7 Å². The summed E-state index contributed by atoms with van der Waals surface area (Å²) in [5.41, 5.74) is -0.177. The lowest BCUT2D eigenvalue weighted by Crippen LogP contribution is -2.47. The molecule has 0 atom stereocenters. The van der Waals surface area contributed by atoms with Crippen molar-refractivity contribution in [3.63, 3.8) is 0 Å². The Balaban J connectivity index is 1.90. The topological polar surface area (TPSA) is 49.6 Å². The van der Waals surface area contributed by atoms with Crippen LogP contribution in [-0.2, 0) is 0 Å². The van der Waals surface area contributed by atoms with Crippen molar-refractivity contribution >= 4 is 17.0 Å². The molecule has 20 heavy (non-hydrogen) atoms. The van der Waals surface area contributed by atoms with Gasteiger partial charge < -0.3 is 14.2 Å². The molecule has 1 aliphatic heterocycles. The molecule has 2 aromatic rings. The van der Waals surface area contributed by atoms with Gasteiger partial charge in [-0.15, -0.1) is 0 Å². The first-order chi connectivity index (χ1) is 9.54. The molecule has 1 aliphatic rings. The average Bonchev–Trinajstić information content (AvgIpc) is 2.83. The number of benzene rings is 1. The van der Waals surface area contributed by atoms with Gasteiger partial charge in [-0.3, -0.25) is 4.79 Å². The van der Waals surface area contributed by atoms with Crippen molar-refractivity contribution in [3.05, 3.63) is 29.7 Å². The molecule has 5 nitrogen and oxygen atoms in total. The number of hydrogen-bond acceptors (Lipinski definition) is 4. The maximum atomic E-state index is 13.5. The van der Waals surface area contributed by atoms with Crippen molar-refractivity contribution < 1.29 is 18.0 Å². The van der Waals surface area contributed by atoms with Gasteiger partial charge in [0.1, 0.15) is 11.3 Å². The molecule has 2 heterocycles. The Labute approximate surface area is 113 Å². The third kappa shape index (κ3) is 2.24. The van der Waals surface area contributed by atoms with Gasteiger partial charge in [0.05, 0.1) is 0 Å². The van der Waals surface area contributed by atoms with E-state index < -0.39 is 17.5 Å². The second kappa shape index (κ2) is 4.82. The molecule has 3 rings (SSSR count). The highest BCUT2D eigenvalue weighted by atomic mass is 19.1. The molecule has 1 saturated heterocycles. The first-order valence-electron chi connectivity index (χ1n) is 6.28. The number of fused-ring (bicyclic) bond motifs is 1. The summed E-state index contributed by atoms with van der Waals surface area (Å²) in [6.07, 6.45) is 0. The lowest BCUT2D eigenvalue weighted by Gasteiger charge is -2.31. The third-order valence-corrected chi connectivity index (χ3v) is 3.38. The minimum absolute atomic E-state index is 0.0139. The summed E-state index contributed by atoms with van der Waals surface area (Å²) in [5.74, 6) is -2.20. The number of carbonyl (C=O) groups is 1. The fourth-order valence-electron chi connectivity index (χ4n) is 2.20. The number of likely N-dealkylation sites (N-methyl/N-ethyl adjacent to an activating group) is 1. The Bertz CT molecular complexity index is 663. The van der Waals surface area contributed by atoms with Crippen LogP contribution in [0, 0.1) is 11.6 Å². The summed E-state index contributed by atoms with van der Waals surface area (Å²) in [5, 5.41) is 0. The van der Waals surface area contributed by atoms with Crippen LogP contribution in [0.25, 0.3) is 11.1 Å².